The largest absolute Gasteiger partial charge is 0.497 e. The summed E-state index contributed by atoms with van der Waals surface area (Å²) in [7, 11) is 3.45. The number of benzene rings is 3. The molecule has 4 aliphatic heterocycles. The Morgan fingerprint density at radius 2 is 1.34 bits per heavy atom. The Morgan fingerprint density at radius 1 is 0.710 bits per heavy atom. The molecule has 6 unspecified atom stereocenters. The van der Waals surface area contributed by atoms with Crippen molar-refractivity contribution in [2.75, 3.05) is 58.0 Å². The van der Waals surface area contributed by atoms with Crippen LogP contribution in [-0.4, -0.2) is 100 Å². The quantitative estimate of drug-likeness (QED) is 0.0690. The van der Waals surface area contributed by atoms with Crippen molar-refractivity contribution in [3.63, 3.8) is 0 Å². The Bertz CT molecular complexity index is 2490. The van der Waals surface area contributed by atoms with Crippen molar-refractivity contribution in [2.45, 2.75) is 76.8 Å². The van der Waals surface area contributed by atoms with Crippen molar-refractivity contribution < 1.29 is 18.9 Å². The molecule has 0 saturated carbocycles. The molecular formula is C51H61IN6O4. The topological polar surface area (TPSA) is 95.0 Å². The molecule has 6 aromatic rings. The van der Waals surface area contributed by atoms with Crippen molar-refractivity contribution in [3.8, 4) is 23.3 Å². The number of hydrogen-bond acceptors (Lipinski definition) is 10. The molecule has 0 radical (unpaired) electrons. The summed E-state index contributed by atoms with van der Waals surface area (Å²) in [5.74, 6) is 5.70. The van der Waals surface area contributed by atoms with Crippen molar-refractivity contribution in [2.24, 2.45) is 23.7 Å². The number of methoxy groups -OCH3 is 2. The van der Waals surface area contributed by atoms with Crippen molar-refractivity contribution in [3.05, 3.63) is 96.3 Å². The maximum atomic E-state index is 6.92. The number of pyridine rings is 2. The highest BCUT2D eigenvalue weighted by atomic mass is 127. The monoisotopic (exact) mass is 948 g/mol. The zero-order valence-corrected chi connectivity index (χ0v) is 39.0. The third-order valence-electron chi connectivity index (χ3n) is 14.9. The number of halogens is 1. The van der Waals surface area contributed by atoms with Gasteiger partial charge in [0.15, 0.2) is 0 Å². The van der Waals surface area contributed by atoms with Crippen LogP contribution < -0.4 is 18.9 Å². The standard InChI is InChI=1S/C51H61IN6O4/c1-6-33-28-58(22-18-32(33)3)49(27-52)45(39-17-21-54-47-15-13-37(60-5)26-43(39)47)31-62-51-41-11-9-8-10-40(41)50(55-56-51)61-30-44(48-24-35-19-23-57(48)29-34(35)7-2)38-16-20-53-46-14-12-36(59-4)25-42(38)46/h8-17,20-21,25-26,32-35,44-45,48-49H,6-7,18-19,22-24,27-31H2,1-5H3/t32?,33?,34?,35?,44-,45-,48+,49?/m0/s1. The first kappa shape index (κ1) is 42.9. The summed E-state index contributed by atoms with van der Waals surface area (Å²) < 4.78 is 26.2. The molecule has 9 atom stereocenters. The normalized spacial score (nSPS) is 24.2. The van der Waals surface area contributed by atoms with Gasteiger partial charge < -0.3 is 18.9 Å². The molecule has 3 aromatic heterocycles. The molecule has 11 heteroatoms. The molecule has 10 rings (SSSR count). The molecule has 62 heavy (non-hydrogen) atoms. The van der Waals surface area contributed by atoms with Gasteiger partial charge >= 0.3 is 0 Å². The fourth-order valence-electron chi connectivity index (χ4n) is 11.1. The Kier molecular flexibility index (Phi) is 13.3. The molecule has 3 aromatic carbocycles. The molecule has 4 aliphatic rings. The predicted octanol–water partition coefficient (Wildman–Crippen LogP) is 10.4. The van der Waals surface area contributed by atoms with Gasteiger partial charge in [0.2, 0.25) is 11.8 Å². The first-order valence-electron chi connectivity index (χ1n) is 22.8. The van der Waals surface area contributed by atoms with E-state index in [9.17, 15) is 0 Å². The zero-order chi connectivity index (χ0) is 42.7. The minimum absolute atomic E-state index is 0.0367. The second kappa shape index (κ2) is 19.2. The van der Waals surface area contributed by atoms with E-state index in [4.69, 9.17) is 39.1 Å². The number of fused-ring (bicyclic) bond motifs is 6. The average Bonchev–Trinajstić information content (AvgIpc) is 3.33. The van der Waals surface area contributed by atoms with Crippen LogP contribution in [-0.2, 0) is 0 Å². The number of alkyl halides is 1. The fourth-order valence-corrected chi connectivity index (χ4v) is 12.3. The van der Waals surface area contributed by atoms with E-state index >= 15 is 0 Å². The van der Waals surface area contributed by atoms with Crippen LogP contribution in [0.2, 0.25) is 0 Å². The van der Waals surface area contributed by atoms with Gasteiger partial charge in [-0.3, -0.25) is 19.8 Å². The molecule has 2 bridgehead atoms. The van der Waals surface area contributed by atoms with Gasteiger partial charge in [-0.1, -0.05) is 68.3 Å². The molecule has 0 amide bonds. The van der Waals surface area contributed by atoms with Crippen LogP contribution in [0, 0.1) is 23.7 Å². The first-order valence-corrected chi connectivity index (χ1v) is 24.3. The lowest BCUT2D eigenvalue weighted by atomic mass is 9.70. The van der Waals surface area contributed by atoms with Gasteiger partial charge in [-0.05, 0) is 128 Å². The Balaban J connectivity index is 1.04. The summed E-state index contributed by atoms with van der Waals surface area (Å²) in [6, 6.07) is 25.6. The molecule has 326 valence electrons. The van der Waals surface area contributed by atoms with Gasteiger partial charge in [0.1, 0.15) is 11.5 Å². The highest BCUT2D eigenvalue weighted by molar-refractivity contribution is 14.1. The highest BCUT2D eigenvalue weighted by Gasteiger charge is 2.43. The van der Waals surface area contributed by atoms with Crippen LogP contribution >= 0.6 is 22.6 Å². The van der Waals surface area contributed by atoms with E-state index in [0.29, 0.717) is 36.9 Å². The van der Waals surface area contributed by atoms with Gasteiger partial charge in [-0.15, -0.1) is 10.2 Å². The highest BCUT2D eigenvalue weighted by Crippen LogP contribution is 2.45. The first-order chi connectivity index (χ1) is 30.4. The molecule has 0 N–H and O–H groups in total. The molecule has 10 nitrogen and oxygen atoms in total. The lowest BCUT2D eigenvalue weighted by molar-refractivity contribution is -0.0174. The van der Waals surface area contributed by atoms with Crippen LogP contribution in [0.15, 0.2) is 85.2 Å². The van der Waals surface area contributed by atoms with E-state index in [-0.39, 0.29) is 17.9 Å². The number of piperidine rings is 4. The molecule has 4 fully saturated rings. The Morgan fingerprint density at radius 3 is 1.94 bits per heavy atom. The Hall–Kier alpha value is -4.33. The predicted molar refractivity (Wildman–Crippen MR) is 256 cm³/mol. The maximum Gasteiger partial charge on any atom is 0.241 e. The number of ether oxygens (including phenoxy) is 4. The van der Waals surface area contributed by atoms with E-state index in [1.165, 1.54) is 36.8 Å². The lowest BCUT2D eigenvalue weighted by Gasteiger charge is -2.52. The smallest absolute Gasteiger partial charge is 0.241 e. The Labute approximate surface area is 380 Å². The minimum atomic E-state index is 0.0367. The molecule has 4 saturated heterocycles. The summed E-state index contributed by atoms with van der Waals surface area (Å²) in [5.41, 5.74) is 4.36. The molecule has 7 heterocycles. The van der Waals surface area contributed by atoms with Crippen LogP contribution in [0.1, 0.15) is 75.8 Å². The lowest BCUT2D eigenvalue weighted by Crippen LogP contribution is -2.55. The van der Waals surface area contributed by atoms with Crippen molar-refractivity contribution in [1.29, 1.82) is 0 Å². The number of rotatable bonds is 16. The summed E-state index contributed by atoms with van der Waals surface area (Å²) in [6.07, 6.45) is 9.92. The fraction of sp³-hybridized carbons (Fsp3) is 0.490. The molecule has 0 aliphatic carbocycles. The van der Waals surface area contributed by atoms with Gasteiger partial charge in [0.05, 0.1) is 49.2 Å². The molecular weight excluding hydrogens is 888 g/mol. The van der Waals surface area contributed by atoms with Crippen LogP contribution in [0.4, 0.5) is 0 Å². The van der Waals surface area contributed by atoms with Gasteiger partial charge in [0, 0.05) is 64.6 Å². The summed E-state index contributed by atoms with van der Waals surface area (Å²) >= 11 is 2.59. The minimum Gasteiger partial charge on any atom is -0.497 e. The number of aromatic nitrogens is 4. The number of hydrogen-bond donors (Lipinski definition) is 0. The molecule has 0 spiro atoms. The maximum absolute atomic E-state index is 6.92. The number of likely N-dealkylation sites (tertiary alicyclic amines) is 1. The summed E-state index contributed by atoms with van der Waals surface area (Å²) in [5, 5.41) is 13.6. The summed E-state index contributed by atoms with van der Waals surface area (Å²) in [4.78, 5) is 15.0. The van der Waals surface area contributed by atoms with E-state index in [1.54, 1.807) is 14.2 Å². The van der Waals surface area contributed by atoms with Crippen molar-refractivity contribution >= 4 is 55.2 Å². The SMILES string of the molecule is CCC1CN(C(CI)[C@@H](COc2nnc(OC[C@@H](c3ccnc4ccc(OC)cc34)[C@H]3CC4CCN3CC4CC)c3ccccc23)c2ccnc3ccc(OC)cc23)CCC1C. The van der Waals surface area contributed by atoms with Gasteiger partial charge in [-0.2, -0.15) is 0 Å². The average molecular weight is 949 g/mol. The van der Waals surface area contributed by atoms with Crippen LogP contribution in [0.5, 0.6) is 23.3 Å². The van der Waals surface area contributed by atoms with E-state index in [2.05, 4.69) is 102 Å². The summed E-state index contributed by atoms with van der Waals surface area (Å²) in [6.45, 7) is 12.4. The number of nitrogens with zero attached hydrogens (tertiary/aromatic N) is 6. The van der Waals surface area contributed by atoms with Crippen molar-refractivity contribution in [1.82, 2.24) is 30.0 Å². The van der Waals surface area contributed by atoms with E-state index < -0.39 is 0 Å². The van der Waals surface area contributed by atoms with E-state index in [0.717, 1.165) is 98.9 Å². The third-order valence-corrected chi connectivity index (χ3v) is 15.8. The third kappa shape index (κ3) is 8.53. The van der Waals surface area contributed by atoms with E-state index in [1.807, 2.05) is 36.7 Å². The van der Waals surface area contributed by atoms with Crippen LogP contribution in [0.25, 0.3) is 32.6 Å². The van der Waals surface area contributed by atoms with Gasteiger partial charge in [0.25, 0.3) is 0 Å². The van der Waals surface area contributed by atoms with Crippen LogP contribution in [0.3, 0.4) is 0 Å². The zero-order valence-electron chi connectivity index (χ0n) is 36.9. The second-order valence-corrected chi connectivity index (χ2v) is 18.8. The van der Waals surface area contributed by atoms with Gasteiger partial charge in [-0.25, -0.2) is 0 Å². The second-order valence-electron chi connectivity index (χ2n) is 17.9.